The molecule has 132 valence electrons. The van der Waals surface area contributed by atoms with Crippen LogP contribution in [0.5, 0.6) is 0 Å². The lowest BCUT2D eigenvalue weighted by Gasteiger charge is -2.28. The van der Waals surface area contributed by atoms with Crippen LogP contribution in [0, 0.1) is 11.3 Å². The number of nitrogens with zero attached hydrogens (tertiary/aromatic N) is 3. The molecule has 0 N–H and O–H groups in total. The zero-order valence-corrected chi connectivity index (χ0v) is 15.8. The Kier molecular flexibility index (Phi) is 5.75. The molecule has 0 atom stereocenters. The van der Waals surface area contributed by atoms with E-state index in [0.29, 0.717) is 23.6 Å². The van der Waals surface area contributed by atoms with Crippen LogP contribution in [0.2, 0.25) is 0 Å². The van der Waals surface area contributed by atoms with Gasteiger partial charge in [0.15, 0.2) is 5.17 Å². The topological polar surface area (TPSA) is 56.5 Å². The summed E-state index contributed by atoms with van der Waals surface area (Å²) in [6, 6.07) is 16.9. The second-order valence-electron chi connectivity index (χ2n) is 6.46. The Morgan fingerprint density at radius 1 is 1.19 bits per heavy atom. The Hall–Kier alpha value is -2.58. The zero-order chi connectivity index (χ0) is 18.5. The predicted octanol–water partition coefficient (Wildman–Crippen LogP) is 4.95. The van der Waals surface area contributed by atoms with Crippen molar-refractivity contribution in [2.24, 2.45) is 4.99 Å². The summed E-state index contributed by atoms with van der Waals surface area (Å²) in [5.41, 5.74) is 3.23. The number of carbonyl (C=O) groups is 1. The monoisotopic (exact) mass is 363 g/mol. The molecular weight excluding hydrogens is 342 g/mol. The van der Waals surface area contributed by atoms with E-state index in [2.05, 4.69) is 26.0 Å². The highest BCUT2D eigenvalue weighted by Gasteiger charge is 2.25. The number of amides is 1. The van der Waals surface area contributed by atoms with E-state index >= 15 is 0 Å². The van der Waals surface area contributed by atoms with Crippen LogP contribution < -0.4 is 0 Å². The van der Waals surface area contributed by atoms with Gasteiger partial charge in [0.2, 0.25) is 0 Å². The van der Waals surface area contributed by atoms with Gasteiger partial charge in [-0.25, -0.2) is 4.99 Å². The average molecular weight is 363 g/mol. The molecule has 4 nitrogen and oxygen atoms in total. The zero-order valence-electron chi connectivity index (χ0n) is 15.0. The molecule has 0 saturated carbocycles. The van der Waals surface area contributed by atoms with Crippen molar-refractivity contribution in [1.82, 2.24) is 4.90 Å². The molecule has 5 heteroatoms. The van der Waals surface area contributed by atoms with E-state index < -0.39 is 0 Å². The summed E-state index contributed by atoms with van der Waals surface area (Å²) < 4.78 is 0. The Labute approximate surface area is 158 Å². The summed E-state index contributed by atoms with van der Waals surface area (Å²) in [7, 11) is 0. The molecule has 2 aromatic carbocycles. The molecule has 2 aromatic rings. The molecule has 3 rings (SSSR count). The van der Waals surface area contributed by atoms with Gasteiger partial charge >= 0.3 is 0 Å². The summed E-state index contributed by atoms with van der Waals surface area (Å²) in [5, 5.41) is 9.67. The molecule has 26 heavy (non-hydrogen) atoms. The number of amidine groups is 1. The number of para-hydroxylation sites is 1. The molecule has 0 unspecified atom stereocenters. The third-order valence-corrected chi connectivity index (χ3v) is 5.33. The Morgan fingerprint density at radius 3 is 2.62 bits per heavy atom. The van der Waals surface area contributed by atoms with Gasteiger partial charge in [-0.3, -0.25) is 9.69 Å². The van der Waals surface area contributed by atoms with Crippen molar-refractivity contribution in [1.29, 1.82) is 5.26 Å². The molecule has 1 heterocycles. The number of benzene rings is 2. The Balaban J connectivity index is 1.93. The number of thioether (sulfide) groups is 1. The SMILES string of the molecule is CC(C)c1ccccc1N=C1SCCCN1C(=O)c1ccc(C#N)cc1. The van der Waals surface area contributed by atoms with Gasteiger partial charge in [-0.1, -0.05) is 43.8 Å². The lowest BCUT2D eigenvalue weighted by Crippen LogP contribution is -2.39. The molecule has 1 saturated heterocycles. The quantitative estimate of drug-likeness (QED) is 0.775. The first-order valence-electron chi connectivity index (χ1n) is 8.72. The molecule has 0 radical (unpaired) electrons. The second kappa shape index (κ2) is 8.20. The molecule has 0 bridgehead atoms. The normalized spacial score (nSPS) is 15.9. The number of aliphatic imine (C=N–C) groups is 1. The van der Waals surface area contributed by atoms with Crippen LogP contribution in [0.25, 0.3) is 0 Å². The van der Waals surface area contributed by atoms with Crippen LogP contribution >= 0.6 is 11.8 Å². The van der Waals surface area contributed by atoms with Gasteiger partial charge in [0.25, 0.3) is 5.91 Å². The largest absolute Gasteiger partial charge is 0.287 e. The van der Waals surface area contributed by atoms with Gasteiger partial charge in [0.05, 0.1) is 17.3 Å². The van der Waals surface area contributed by atoms with E-state index in [-0.39, 0.29) is 5.91 Å². The fourth-order valence-corrected chi connectivity index (χ4v) is 3.81. The molecule has 1 aliphatic heterocycles. The fourth-order valence-electron chi connectivity index (χ4n) is 2.86. The minimum absolute atomic E-state index is 0.0672. The van der Waals surface area contributed by atoms with E-state index in [9.17, 15) is 4.79 Å². The van der Waals surface area contributed by atoms with Gasteiger partial charge in [0, 0.05) is 17.9 Å². The van der Waals surface area contributed by atoms with Crippen LogP contribution in [0.3, 0.4) is 0 Å². The first-order chi connectivity index (χ1) is 12.6. The van der Waals surface area contributed by atoms with Crippen molar-refractivity contribution >= 4 is 28.5 Å². The second-order valence-corrected chi connectivity index (χ2v) is 7.52. The Bertz CT molecular complexity index is 866. The number of hydrogen-bond acceptors (Lipinski definition) is 4. The standard InChI is InChI=1S/C21H21N3OS/c1-15(2)18-6-3-4-7-19(18)23-21-24(12-5-13-26-21)20(25)17-10-8-16(14-22)9-11-17/h3-4,6-11,15H,5,12-13H2,1-2H3. The van der Waals surface area contributed by atoms with E-state index in [1.807, 2.05) is 18.2 Å². The maximum absolute atomic E-state index is 13.0. The molecule has 0 aromatic heterocycles. The van der Waals surface area contributed by atoms with Crippen LogP contribution in [-0.4, -0.2) is 28.3 Å². The summed E-state index contributed by atoms with van der Waals surface area (Å²) in [5.74, 6) is 1.26. The van der Waals surface area contributed by atoms with Crippen LogP contribution in [-0.2, 0) is 0 Å². The lowest BCUT2D eigenvalue weighted by molar-refractivity contribution is 0.0849. The molecular formula is C21H21N3OS. The van der Waals surface area contributed by atoms with Gasteiger partial charge in [-0.2, -0.15) is 5.26 Å². The lowest BCUT2D eigenvalue weighted by atomic mass is 10.0. The molecule has 0 aliphatic carbocycles. The smallest absolute Gasteiger partial charge is 0.259 e. The van der Waals surface area contributed by atoms with Crippen molar-refractivity contribution in [3.05, 3.63) is 65.2 Å². The van der Waals surface area contributed by atoms with Crippen molar-refractivity contribution < 1.29 is 4.79 Å². The van der Waals surface area contributed by atoms with Crippen molar-refractivity contribution in [3.63, 3.8) is 0 Å². The van der Waals surface area contributed by atoms with E-state index in [4.69, 9.17) is 10.3 Å². The molecule has 1 amide bonds. The number of hydrogen-bond donors (Lipinski definition) is 0. The third kappa shape index (κ3) is 3.97. The van der Waals surface area contributed by atoms with Crippen LogP contribution in [0.1, 0.15) is 47.7 Å². The molecule has 1 aliphatic rings. The van der Waals surface area contributed by atoms with E-state index in [1.54, 1.807) is 40.9 Å². The van der Waals surface area contributed by atoms with Crippen LogP contribution in [0.4, 0.5) is 5.69 Å². The summed E-state index contributed by atoms with van der Waals surface area (Å²) >= 11 is 1.62. The van der Waals surface area contributed by atoms with Crippen molar-refractivity contribution in [3.8, 4) is 6.07 Å². The first-order valence-corrected chi connectivity index (χ1v) is 9.71. The maximum Gasteiger partial charge on any atom is 0.259 e. The molecule has 0 spiro atoms. The summed E-state index contributed by atoms with van der Waals surface area (Å²) in [6.45, 7) is 4.95. The van der Waals surface area contributed by atoms with Crippen LogP contribution in [0.15, 0.2) is 53.5 Å². The molecule has 1 fully saturated rings. The van der Waals surface area contributed by atoms with Gasteiger partial charge < -0.3 is 0 Å². The first kappa shape index (κ1) is 18.2. The third-order valence-electron chi connectivity index (χ3n) is 4.27. The summed E-state index contributed by atoms with van der Waals surface area (Å²) in [4.78, 5) is 19.6. The average Bonchev–Trinajstić information content (AvgIpc) is 2.68. The predicted molar refractivity (Wildman–Crippen MR) is 107 cm³/mol. The Morgan fingerprint density at radius 2 is 1.92 bits per heavy atom. The number of nitriles is 1. The number of carbonyl (C=O) groups excluding carboxylic acids is 1. The summed E-state index contributed by atoms with van der Waals surface area (Å²) in [6.07, 6.45) is 0.942. The minimum atomic E-state index is -0.0672. The van der Waals surface area contributed by atoms with Gasteiger partial charge in [-0.15, -0.1) is 0 Å². The van der Waals surface area contributed by atoms with Crippen molar-refractivity contribution in [2.45, 2.75) is 26.2 Å². The van der Waals surface area contributed by atoms with E-state index in [1.165, 1.54) is 5.56 Å². The van der Waals surface area contributed by atoms with E-state index in [0.717, 1.165) is 23.0 Å². The highest BCUT2D eigenvalue weighted by molar-refractivity contribution is 8.13. The fraction of sp³-hybridized carbons (Fsp3) is 0.286. The highest BCUT2D eigenvalue weighted by Crippen LogP contribution is 2.30. The van der Waals surface area contributed by atoms with Gasteiger partial charge in [-0.05, 0) is 48.2 Å². The van der Waals surface area contributed by atoms with Crippen molar-refractivity contribution in [2.75, 3.05) is 12.3 Å². The highest BCUT2D eigenvalue weighted by atomic mass is 32.2. The maximum atomic E-state index is 13.0. The van der Waals surface area contributed by atoms with Gasteiger partial charge in [0.1, 0.15) is 0 Å². The minimum Gasteiger partial charge on any atom is -0.287 e. The number of rotatable bonds is 3.